The zero-order valence-corrected chi connectivity index (χ0v) is 10.6. The van der Waals surface area contributed by atoms with Crippen molar-refractivity contribution in [2.45, 2.75) is 31.6 Å². The van der Waals surface area contributed by atoms with E-state index in [0.717, 1.165) is 18.6 Å². The first-order valence-corrected chi connectivity index (χ1v) is 6.18. The maximum Gasteiger partial charge on any atom is 0.419 e. The molecule has 0 saturated carbocycles. The lowest BCUT2D eigenvalue weighted by Crippen LogP contribution is -2.39. The van der Waals surface area contributed by atoms with E-state index in [4.69, 9.17) is 5.73 Å². The van der Waals surface area contributed by atoms with Gasteiger partial charge in [0, 0.05) is 6.54 Å². The van der Waals surface area contributed by atoms with Gasteiger partial charge in [-0.05, 0) is 37.1 Å². The Kier molecular flexibility index (Phi) is 3.99. The molecule has 1 aliphatic heterocycles. The van der Waals surface area contributed by atoms with Gasteiger partial charge in [-0.15, -0.1) is 0 Å². The van der Waals surface area contributed by atoms with E-state index >= 15 is 0 Å². The van der Waals surface area contributed by atoms with E-state index in [1.54, 1.807) is 4.90 Å². The van der Waals surface area contributed by atoms with Crippen LogP contribution in [0.3, 0.4) is 0 Å². The highest BCUT2D eigenvalue weighted by atomic mass is 19.4. The van der Waals surface area contributed by atoms with Gasteiger partial charge >= 0.3 is 6.18 Å². The zero-order chi connectivity index (χ0) is 14.9. The number of nitrogens with zero attached hydrogens (tertiary/aromatic N) is 1. The summed E-state index contributed by atoms with van der Waals surface area (Å²) < 4.78 is 51.0. The van der Waals surface area contributed by atoms with Crippen molar-refractivity contribution in [2.75, 3.05) is 6.54 Å². The van der Waals surface area contributed by atoms with Crippen LogP contribution in [0.2, 0.25) is 0 Å². The lowest BCUT2D eigenvalue weighted by atomic mass is 10.1. The first kappa shape index (κ1) is 14.8. The number of amides is 1. The number of carbonyl (C=O) groups excluding carboxylic acids is 1. The molecule has 1 atom stereocenters. The number of hydrogen-bond donors (Lipinski definition) is 1. The van der Waals surface area contributed by atoms with Crippen LogP contribution in [0.25, 0.3) is 0 Å². The summed E-state index contributed by atoms with van der Waals surface area (Å²) in [6, 6.07) is 2.41. The molecule has 1 aliphatic rings. The fourth-order valence-corrected chi connectivity index (χ4v) is 2.46. The van der Waals surface area contributed by atoms with Crippen LogP contribution < -0.4 is 5.73 Å². The number of rotatable bonds is 3. The van der Waals surface area contributed by atoms with Crippen LogP contribution in [0, 0.1) is 5.82 Å². The smallest absolute Gasteiger partial charge is 0.368 e. The minimum atomic E-state index is -4.73. The summed E-state index contributed by atoms with van der Waals surface area (Å²) in [5.74, 6) is -1.78. The maximum atomic E-state index is 13.2. The lowest BCUT2D eigenvalue weighted by molar-refractivity contribution is -0.140. The van der Waals surface area contributed by atoms with Gasteiger partial charge in [0.1, 0.15) is 5.82 Å². The number of carbonyl (C=O) groups is 1. The number of benzene rings is 1. The SMILES string of the molecule is NC(=O)[C@@H]1CCCN1Cc1ccc(F)c(C(F)(F)F)c1. The molecule has 0 bridgehead atoms. The van der Waals surface area contributed by atoms with Gasteiger partial charge in [0.05, 0.1) is 11.6 Å². The van der Waals surface area contributed by atoms with Gasteiger partial charge in [-0.3, -0.25) is 9.69 Å². The van der Waals surface area contributed by atoms with Crippen molar-refractivity contribution in [3.63, 3.8) is 0 Å². The van der Waals surface area contributed by atoms with Crippen molar-refractivity contribution in [2.24, 2.45) is 5.73 Å². The van der Waals surface area contributed by atoms with Gasteiger partial charge in [-0.2, -0.15) is 13.2 Å². The minimum Gasteiger partial charge on any atom is -0.368 e. The fourth-order valence-electron chi connectivity index (χ4n) is 2.46. The summed E-state index contributed by atoms with van der Waals surface area (Å²) in [6.07, 6.45) is -3.36. The Hall–Kier alpha value is -1.63. The van der Waals surface area contributed by atoms with E-state index in [1.165, 1.54) is 6.07 Å². The molecule has 1 fully saturated rings. The Bertz CT molecular complexity index is 516. The third kappa shape index (κ3) is 3.09. The maximum absolute atomic E-state index is 13.2. The second kappa shape index (κ2) is 5.40. The minimum absolute atomic E-state index is 0.150. The van der Waals surface area contributed by atoms with Crippen LogP contribution in [-0.4, -0.2) is 23.4 Å². The van der Waals surface area contributed by atoms with Crippen molar-refractivity contribution in [3.05, 3.63) is 35.1 Å². The number of nitrogens with two attached hydrogens (primary N) is 1. The number of hydrogen-bond acceptors (Lipinski definition) is 2. The van der Waals surface area contributed by atoms with Crippen molar-refractivity contribution < 1.29 is 22.4 Å². The molecule has 2 N–H and O–H groups in total. The van der Waals surface area contributed by atoms with Crippen LogP contribution in [0.15, 0.2) is 18.2 Å². The van der Waals surface area contributed by atoms with E-state index in [9.17, 15) is 22.4 Å². The van der Waals surface area contributed by atoms with Crippen LogP contribution >= 0.6 is 0 Å². The standard InChI is InChI=1S/C13H14F4N2O/c14-10-4-3-8(6-9(10)13(15,16)17)7-19-5-1-2-11(19)12(18)20/h3-4,6,11H,1-2,5,7H2,(H2,18,20)/t11-/m0/s1. The van der Waals surface area contributed by atoms with Crippen LogP contribution in [-0.2, 0) is 17.5 Å². The van der Waals surface area contributed by atoms with E-state index in [1.807, 2.05) is 0 Å². The van der Waals surface area contributed by atoms with Gasteiger partial charge in [0.15, 0.2) is 0 Å². The molecule has 1 heterocycles. The molecule has 0 radical (unpaired) electrons. The Morgan fingerprint density at radius 2 is 2.10 bits per heavy atom. The Labute approximate surface area is 113 Å². The molecule has 1 aromatic carbocycles. The topological polar surface area (TPSA) is 46.3 Å². The van der Waals surface area contributed by atoms with Crippen molar-refractivity contribution in [1.29, 1.82) is 0 Å². The Balaban J connectivity index is 2.20. The highest BCUT2D eigenvalue weighted by Gasteiger charge is 2.35. The van der Waals surface area contributed by atoms with Crippen molar-refractivity contribution in [3.8, 4) is 0 Å². The normalized spacial score (nSPS) is 20.3. The average molecular weight is 290 g/mol. The fraction of sp³-hybridized carbons (Fsp3) is 0.462. The summed E-state index contributed by atoms with van der Waals surface area (Å²) in [4.78, 5) is 12.9. The number of alkyl halides is 3. The molecule has 0 aliphatic carbocycles. The molecule has 1 aromatic rings. The van der Waals surface area contributed by atoms with E-state index in [0.29, 0.717) is 18.5 Å². The van der Waals surface area contributed by atoms with Gasteiger partial charge in [-0.1, -0.05) is 6.07 Å². The van der Waals surface area contributed by atoms with Gasteiger partial charge in [-0.25, -0.2) is 4.39 Å². The molecule has 7 heteroatoms. The molecule has 110 valence electrons. The summed E-state index contributed by atoms with van der Waals surface area (Å²) in [5.41, 5.74) is 4.27. The summed E-state index contributed by atoms with van der Waals surface area (Å²) >= 11 is 0. The van der Waals surface area contributed by atoms with Crippen LogP contribution in [0.5, 0.6) is 0 Å². The summed E-state index contributed by atoms with van der Waals surface area (Å²) in [5, 5.41) is 0. The molecule has 1 saturated heterocycles. The molecule has 0 unspecified atom stereocenters. The Morgan fingerprint density at radius 1 is 1.40 bits per heavy atom. The quantitative estimate of drug-likeness (QED) is 0.868. The van der Waals surface area contributed by atoms with Crippen LogP contribution in [0.4, 0.5) is 17.6 Å². The first-order valence-electron chi connectivity index (χ1n) is 6.18. The Morgan fingerprint density at radius 3 is 2.70 bits per heavy atom. The van der Waals surface area contributed by atoms with E-state index in [-0.39, 0.29) is 6.54 Å². The molecular formula is C13H14F4N2O. The lowest BCUT2D eigenvalue weighted by Gasteiger charge is -2.22. The van der Waals surface area contributed by atoms with E-state index in [2.05, 4.69) is 0 Å². The predicted octanol–water partition coefficient (Wildman–Crippen LogP) is 2.29. The largest absolute Gasteiger partial charge is 0.419 e. The third-order valence-electron chi connectivity index (χ3n) is 3.41. The third-order valence-corrected chi connectivity index (χ3v) is 3.41. The second-order valence-electron chi connectivity index (χ2n) is 4.84. The van der Waals surface area contributed by atoms with Crippen LogP contribution in [0.1, 0.15) is 24.0 Å². The van der Waals surface area contributed by atoms with Gasteiger partial charge in [0.2, 0.25) is 5.91 Å². The first-order chi connectivity index (χ1) is 9.29. The average Bonchev–Trinajstić information content (AvgIpc) is 2.78. The highest BCUT2D eigenvalue weighted by Crippen LogP contribution is 2.32. The summed E-state index contributed by atoms with van der Waals surface area (Å²) in [7, 11) is 0. The number of halogens is 4. The summed E-state index contributed by atoms with van der Waals surface area (Å²) in [6.45, 7) is 0.739. The monoisotopic (exact) mass is 290 g/mol. The van der Waals surface area contributed by atoms with Gasteiger partial charge < -0.3 is 5.73 Å². The molecule has 3 nitrogen and oxygen atoms in total. The van der Waals surface area contributed by atoms with Crippen molar-refractivity contribution >= 4 is 5.91 Å². The highest BCUT2D eigenvalue weighted by molar-refractivity contribution is 5.80. The van der Waals surface area contributed by atoms with Crippen molar-refractivity contribution in [1.82, 2.24) is 4.90 Å². The molecule has 1 amide bonds. The number of primary amides is 1. The predicted molar refractivity (Wildman–Crippen MR) is 64.0 cm³/mol. The second-order valence-corrected chi connectivity index (χ2v) is 4.84. The van der Waals surface area contributed by atoms with Gasteiger partial charge in [0.25, 0.3) is 0 Å². The molecule has 0 aromatic heterocycles. The molecular weight excluding hydrogens is 276 g/mol. The molecule has 20 heavy (non-hydrogen) atoms. The zero-order valence-electron chi connectivity index (χ0n) is 10.6. The van der Waals surface area contributed by atoms with E-state index < -0.39 is 29.5 Å². The molecule has 2 rings (SSSR count). The number of likely N-dealkylation sites (tertiary alicyclic amines) is 1. The molecule has 0 spiro atoms.